The third kappa shape index (κ3) is 2.54. The molecule has 3 heteroatoms. The molecule has 1 nitrogen and oxygen atoms in total. The van der Waals surface area contributed by atoms with E-state index < -0.39 is 5.60 Å². The van der Waals surface area contributed by atoms with Crippen molar-refractivity contribution >= 4 is 23.2 Å². The molecule has 1 aromatic carbocycles. The van der Waals surface area contributed by atoms with Crippen molar-refractivity contribution in [3.8, 4) is 0 Å². The van der Waals surface area contributed by atoms with Crippen molar-refractivity contribution in [1.82, 2.24) is 0 Å². The van der Waals surface area contributed by atoms with Crippen LogP contribution in [0.5, 0.6) is 0 Å². The van der Waals surface area contributed by atoms with Gasteiger partial charge in [0.1, 0.15) is 0 Å². The summed E-state index contributed by atoms with van der Waals surface area (Å²) in [5.74, 6) is 0.758. The monoisotopic (exact) mass is 286 g/mol. The van der Waals surface area contributed by atoms with Gasteiger partial charge in [0.15, 0.2) is 0 Å². The van der Waals surface area contributed by atoms with Gasteiger partial charge in [-0.25, -0.2) is 0 Å². The number of halogens is 2. The van der Waals surface area contributed by atoms with Crippen LogP contribution in [0.3, 0.4) is 0 Å². The van der Waals surface area contributed by atoms with Crippen LogP contribution in [0.2, 0.25) is 10.0 Å². The molecule has 0 heterocycles. The Morgan fingerprint density at radius 1 is 1.22 bits per heavy atom. The second-order valence-electron chi connectivity index (χ2n) is 5.65. The molecular formula is C15H20Cl2O. The lowest BCUT2D eigenvalue weighted by Crippen LogP contribution is -2.40. The summed E-state index contributed by atoms with van der Waals surface area (Å²) in [5.41, 5.74) is 0.163. The van der Waals surface area contributed by atoms with Gasteiger partial charge in [-0.2, -0.15) is 0 Å². The molecular weight excluding hydrogens is 267 g/mol. The van der Waals surface area contributed by atoms with Crippen LogP contribution in [0.25, 0.3) is 0 Å². The van der Waals surface area contributed by atoms with Gasteiger partial charge in [0, 0.05) is 0 Å². The van der Waals surface area contributed by atoms with Crippen LogP contribution in [0.1, 0.15) is 45.1 Å². The second kappa shape index (κ2) is 5.40. The van der Waals surface area contributed by atoms with Crippen LogP contribution in [0.15, 0.2) is 18.2 Å². The molecule has 0 spiro atoms. The van der Waals surface area contributed by atoms with Gasteiger partial charge in [-0.15, -0.1) is 0 Å². The molecule has 0 radical (unpaired) electrons. The first-order chi connectivity index (χ1) is 8.45. The molecule has 0 aromatic heterocycles. The second-order valence-corrected chi connectivity index (χ2v) is 6.46. The molecule has 100 valence electrons. The Hall–Kier alpha value is -0.240. The Balaban J connectivity index is 2.40. The van der Waals surface area contributed by atoms with Crippen LogP contribution < -0.4 is 0 Å². The third-order valence-electron chi connectivity index (χ3n) is 4.16. The smallest absolute Gasteiger partial charge is 0.0927 e. The van der Waals surface area contributed by atoms with Gasteiger partial charge in [-0.05, 0) is 42.4 Å². The molecule has 1 N–H and O–H groups in total. The van der Waals surface area contributed by atoms with Crippen LogP contribution >= 0.6 is 23.2 Å². The summed E-state index contributed by atoms with van der Waals surface area (Å²) in [5, 5.41) is 12.2. The van der Waals surface area contributed by atoms with Gasteiger partial charge in [-0.3, -0.25) is 0 Å². The summed E-state index contributed by atoms with van der Waals surface area (Å²) in [6.45, 7) is 4.36. The quantitative estimate of drug-likeness (QED) is 0.809. The first-order valence-electron chi connectivity index (χ1n) is 6.63. The highest BCUT2D eigenvalue weighted by Gasteiger charge is 2.41. The Morgan fingerprint density at radius 3 is 2.56 bits per heavy atom. The highest BCUT2D eigenvalue weighted by molar-refractivity contribution is 6.42. The Morgan fingerprint density at radius 2 is 1.94 bits per heavy atom. The summed E-state index contributed by atoms with van der Waals surface area (Å²) >= 11 is 12.0. The standard InChI is InChI=1S/C15H20Cl2O/c1-10(2)12-5-3-4-8-15(12,18)11-6-7-13(16)14(17)9-11/h6-7,9-10,12,18H,3-5,8H2,1-2H3. The van der Waals surface area contributed by atoms with E-state index in [9.17, 15) is 5.11 Å². The molecule has 2 atom stereocenters. The van der Waals surface area contributed by atoms with Crippen molar-refractivity contribution in [2.75, 3.05) is 0 Å². The molecule has 0 bridgehead atoms. The highest BCUT2D eigenvalue weighted by Crippen LogP contribution is 2.46. The number of rotatable bonds is 2. The molecule has 0 amide bonds. The fourth-order valence-electron chi connectivity index (χ4n) is 3.19. The molecule has 18 heavy (non-hydrogen) atoms. The van der Waals surface area contributed by atoms with E-state index in [1.165, 1.54) is 6.42 Å². The van der Waals surface area contributed by atoms with Crippen molar-refractivity contribution in [3.05, 3.63) is 33.8 Å². The van der Waals surface area contributed by atoms with Gasteiger partial charge in [0.25, 0.3) is 0 Å². The van der Waals surface area contributed by atoms with E-state index >= 15 is 0 Å². The van der Waals surface area contributed by atoms with Crippen molar-refractivity contribution in [1.29, 1.82) is 0 Å². The summed E-state index contributed by atoms with van der Waals surface area (Å²) in [4.78, 5) is 0. The summed E-state index contributed by atoms with van der Waals surface area (Å²) in [6.07, 6.45) is 4.16. The predicted octanol–water partition coefficient (Wildman–Crippen LogP) is 5.03. The number of hydrogen-bond acceptors (Lipinski definition) is 1. The molecule has 1 aliphatic carbocycles. The van der Waals surface area contributed by atoms with Crippen molar-refractivity contribution in [2.45, 2.75) is 45.1 Å². The molecule has 0 aliphatic heterocycles. The maximum atomic E-state index is 11.1. The summed E-state index contributed by atoms with van der Waals surface area (Å²) in [6, 6.07) is 5.52. The van der Waals surface area contributed by atoms with E-state index in [4.69, 9.17) is 23.2 Å². The van der Waals surface area contributed by atoms with Crippen LogP contribution in [0, 0.1) is 11.8 Å². The molecule has 1 fully saturated rings. The maximum Gasteiger partial charge on any atom is 0.0927 e. The van der Waals surface area contributed by atoms with E-state index in [-0.39, 0.29) is 0 Å². The van der Waals surface area contributed by atoms with E-state index in [2.05, 4.69) is 13.8 Å². The highest BCUT2D eigenvalue weighted by atomic mass is 35.5. The molecule has 1 saturated carbocycles. The lowest BCUT2D eigenvalue weighted by Gasteiger charge is -2.43. The van der Waals surface area contributed by atoms with E-state index in [0.717, 1.165) is 24.8 Å². The van der Waals surface area contributed by atoms with Crippen LogP contribution in [-0.2, 0) is 5.60 Å². The lowest BCUT2D eigenvalue weighted by molar-refractivity contribution is -0.0721. The zero-order valence-corrected chi connectivity index (χ0v) is 12.4. The SMILES string of the molecule is CC(C)C1CCCCC1(O)c1ccc(Cl)c(Cl)c1. The Bertz CT molecular complexity index is 431. The van der Waals surface area contributed by atoms with Gasteiger partial charge >= 0.3 is 0 Å². The molecule has 2 rings (SSSR count). The molecule has 2 unspecified atom stereocenters. The normalized spacial score (nSPS) is 28.7. The minimum Gasteiger partial charge on any atom is -0.385 e. The molecule has 1 aliphatic rings. The van der Waals surface area contributed by atoms with Crippen LogP contribution in [-0.4, -0.2) is 5.11 Å². The lowest BCUT2D eigenvalue weighted by atomic mass is 9.67. The average Bonchev–Trinajstić information content (AvgIpc) is 2.32. The summed E-state index contributed by atoms with van der Waals surface area (Å²) < 4.78 is 0. The summed E-state index contributed by atoms with van der Waals surface area (Å²) in [7, 11) is 0. The first-order valence-corrected chi connectivity index (χ1v) is 7.38. The van der Waals surface area contributed by atoms with Gasteiger partial charge in [0.05, 0.1) is 15.6 Å². The molecule has 1 aromatic rings. The number of hydrogen-bond donors (Lipinski definition) is 1. The minimum atomic E-state index is -0.749. The van der Waals surface area contributed by atoms with Gasteiger partial charge in [-0.1, -0.05) is 56.0 Å². The van der Waals surface area contributed by atoms with E-state index in [0.29, 0.717) is 21.9 Å². The Labute approximate surface area is 119 Å². The van der Waals surface area contributed by atoms with Crippen molar-refractivity contribution < 1.29 is 5.11 Å². The van der Waals surface area contributed by atoms with Crippen molar-refractivity contribution in [3.63, 3.8) is 0 Å². The molecule has 0 saturated heterocycles. The van der Waals surface area contributed by atoms with E-state index in [1.54, 1.807) is 6.07 Å². The first kappa shape index (κ1) is 14.2. The Kier molecular flexibility index (Phi) is 4.25. The predicted molar refractivity (Wildman–Crippen MR) is 77.2 cm³/mol. The third-order valence-corrected chi connectivity index (χ3v) is 4.90. The zero-order valence-electron chi connectivity index (χ0n) is 10.9. The largest absolute Gasteiger partial charge is 0.385 e. The topological polar surface area (TPSA) is 20.2 Å². The zero-order chi connectivity index (χ0) is 13.3. The van der Waals surface area contributed by atoms with Gasteiger partial charge in [0.2, 0.25) is 0 Å². The van der Waals surface area contributed by atoms with E-state index in [1.807, 2.05) is 12.1 Å². The average molecular weight is 287 g/mol. The fraction of sp³-hybridized carbons (Fsp3) is 0.600. The van der Waals surface area contributed by atoms with Gasteiger partial charge < -0.3 is 5.11 Å². The minimum absolute atomic E-state index is 0.295. The number of benzene rings is 1. The van der Waals surface area contributed by atoms with Crippen molar-refractivity contribution in [2.24, 2.45) is 11.8 Å². The maximum absolute atomic E-state index is 11.1. The number of aliphatic hydroxyl groups is 1. The van der Waals surface area contributed by atoms with Crippen LogP contribution in [0.4, 0.5) is 0 Å². The fourth-order valence-corrected chi connectivity index (χ4v) is 3.49.